The molecule has 0 saturated heterocycles. The van der Waals surface area contributed by atoms with Crippen molar-refractivity contribution in [3.05, 3.63) is 23.8 Å². The molecule has 15 heavy (non-hydrogen) atoms. The van der Waals surface area contributed by atoms with Crippen molar-refractivity contribution in [2.24, 2.45) is 0 Å². The number of ether oxygens (including phenoxy) is 3. The molecule has 0 spiro atoms. The van der Waals surface area contributed by atoms with E-state index in [-0.39, 0.29) is 0 Å². The standard InChI is InChI=1S/C12H16O3/c1-5-6-9-7-10(13-2)8-11(14-3)12(9)15-4/h5-8H,1-4H3/b6-5+. The number of methoxy groups -OCH3 is 3. The quantitative estimate of drug-likeness (QED) is 0.761. The number of hydrogen-bond donors (Lipinski definition) is 0. The summed E-state index contributed by atoms with van der Waals surface area (Å²) in [6.45, 7) is 1.95. The van der Waals surface area contributed by atoms with Crippen LogP contribution in [0.25, 0.3) is 6.08 Å². The second-order valence-corrected chi connectivity index (χ2v) is 2.95. The summed E-state index contributed by atoms with van der Waals surface area (Å²) in [5, 5.41) is 0. The first-order valence-electron chi connectivity index (χ1n) is 4.69. The van der Waals surface area contributed by atoms with E-state index in [0.29, 0.717) is 5.75 Å². The molecule has 3 nitrogen and oxygen atoms in total. The van der Waals surface area contributed by atoms with E-state index in [1.165, 1.54) is 0 Å². The van der Waals surface area contributed by atoms with Crippen molar-refractivity contribution in [3.63, 3.8) is 0 Å². The number of rotatable bonds is 4. The van der Waals surface area contributed by atoms with E-state index in [1.807, 2.05) is 25.1 Å². The van der Waals surface area contributed by atoms with E-state index >= 15 is 0 Å². The second kappa shape index (κ2) is 5.29. The van der Waals surface area contributed by atoms with Gasteiger partial charge in [-0.25, -0.2) is 0 Å². The molecule has 0 bridgehead atoms. The zero-order valence-corrected chi connectivity index (χ0v) is 9.53. The molecule has 0 aliphatic carbocycles. The van der Waals surface area contributed by atoms with Crippen LogP contribution < -0.4 is 14.2 Å². The number of benzene rings is 1. The van der Waals surface area contributed by atoms with Gasteiger partial charge in [0.15, 0.2) is 11.5 Å². The maximum atomic E-state index is 5.29. The van der Waals surface area contributed by atoms with Gasteiger partial charge in [-0.2, -0.15) is 0 Å². The lowest BCUT2D eigenvalue weighted by Crippen LogP contribution is -1.94. The molecule has 0 radical (unpaired) electrons. The van der Waals surface area contributed by atoms with Crippen molar-refractivity contribution < 1.29 is 14.2 Å². The topological polar surface area (TPSA) is 27.7 Å². The second-order valence-electron chi connectivity index (χ2n) is 2.95. The van der Waals surface area contributed by atoms with E-state index < -0.39 is 0 Å². The van der Waals surface area contributed by atoms with Crippen molar-refractivity contribution in [2.75, 3.05) is 21.3 Å². The fourth-order valence-corrected chi connectivity index (χ4v) is 1.39. The molecular weight excluding hydrogens is 192 g/mol. The minimum absolute atomic E-state index is 0.671. The maximum Gasteiger partial charge on any atom is 0.168 e. The van der Waals surface area contributed by atoms with E-state index in [2.05, 4.69) is 0 Å². The molecule has 0 unspecified atom stereocenters. The summed E-state index contributed by atoms with van der Waals surface area (Å²) in [6.07, 6.45) is 3.89. The zero-order chi connectivity index (χ0) is 11.3. The Morgan fingerprint density at radius 2 is 1.73 bits per heavy atom. The van der Waals surface area contributed by atoms with Crippen LogP contribution in [0.5, 0.6) is 17.2 Å². The van der Waals surface area contributed by atoms with Crippen LogP contribution in [-0.4, -0.2) is 21.3 Å². The predicted octanol–water partition coefficient (Wildman–Crippen LogP) is 2.75. The first-order chi connectivity index (χ1) is 7.26. The molecule has 0 fully saturated rings. The monoisotopic (exact) mass is 208 g/mol. The lowest BCUT2D eigenvalue weighted by Gasteiger charge is -2.12. The third kappa shape index (κ3) is 2.43. The molecule has 0 aromatic heterocycles. The van der Waals surface area contributed by atoms with Gasteiger partial charge in [0.2, 0.25) is 0 Å². The van der Waals surface area contributed by atoms with Crippen LogP contribution in [0.1, 0.15) is 12.5 Å². The predicted molar refractivity (Wildman–Crippen MR) is 60.8 cm³/mol. The van der Waals surface area contributed by atoms with Crippen LogP contribution in [0.15, 0.2) is 18.2 Å². The van der Waals surface area contributed by atoms with Crippen LogP contribution in [0.3, 0.4) is 0 Å². The Labute approximate surface area is 90.3 Å². The fraction of sp³-hybridized carbons (Fsp3) is 0.333. The molecule has 82 valence electrons. The minimum Gasteiger partial charge on any atom is -0.497 e. The number of allylic oxidation sites excluding steroid dienone is 1. The van der Waals surface area contributed by atoms with Crippen LogP contribution in [-0.2, 0) is 0 Å². The van der Waals surface area contributed by atoms with Crippen molar-refractivity contribution in [1.29, 1.82) is 0 Å². The van der Waals surface area contributed by atoms with Gasteiger partial charge < -0.3 is 14.2 Å². The smallest absolute Gasteiger partial charge is 0.168 e. The largest absolute Gasteiger partial charge is 0.497 e. The molecule has 3 heteroatoms. The molecule has 0 aliphatic rings. The summed E-state index contributed by atoms with van der Waals surface area (Å²) in [5.41, 5.74) is 0.941. The van der Waals surface area contributed by atoms with Crippen LogP contribution >= 0.6 is 0 Å². The van der Waals surface area contributed by atoms with Crippen molar-refractivity contribution >= 4 is 6.08 Å². The first-order valence-corrected chi connectivity index (χ1v) is 4.69. The molecule has 0 saturated carbocycles. The van der Waals surface area contributed by atoms with E-state index in [0.717, 1.165) is 17.1 Å². The number of hydrogen-bond acceptors (Lipinski definition) is 3. The molecule has 1 rings (SSSR count). The Kier molecular flexibility index (Phi) is 4.03. The van der Waals surface area contributed by atoms with Gasteiger partial charge in [-0.3, -0.25) is 0 Å². The van der Waals surface area contributed by atoms with Gasteiger partial charge in [-0.05, 0) is 13.0 Å². The zero-order valence-electron chi connectivity index (χ0n) is 9.53. The highest BCUT2D eigenvalue weighted by Gasteiger charge is 2.10. The average molecular weight is 208 g/mol. The Bertz CT molecular complexity index is 356. The fourth-order valence-electron chi connectivity index (χ4n) is 1.39. The van der Waals surface area contributed by atoms with Crippen molar-refractivity contribution in [1.82, 2.24) is 0 Å². The van der Waals surface area contributed by atoms with Gasteiger partial charge in [0.05, 0.1) is 21.3 Å². The van der Waals surface area contributed by atoms with Gasteiger partial charge >= 0.3 is 0 Å². The van der Waals surface area contributed by atoms with E-state index in [1.54, 1.807) is 27.4 Å². The molecule has 0 amide bonds. The van der Waals surface area contributed by atoms with Crippen LogP contribution in [0.4, 0.5) is 0 Å². The summed E-state index contributed by atoms with van der Waals surface area (Å²) in [4.78, 5) is 0. The molecule has 1 aromatic rings. The summed E-state index contributed by atoms with van der Waals surface area (Å²) in [5.74, 6) is 2.14. The minimum atomic E-state index is 0.671. The highest BCUT2D eigenvalue weighted by Crippen LogP contribution is 2.36. The van der Waals surface area contributed by atoms with Crippen LogP contribution in [0, 0.1) is 0 Å². The molecule has 0 aliphatic heterocycles. The van der Waals surface area contributed by atoms with Gasteiger partial charge in [0.1, 0.15) is 5.75 Å². The third-order valence-corrected chi connectivity index (χ3v) is 2.06. The third-order valence-electron chi connectivity index (χ3n) is 2.06. The molecular formula is C12H16O3. The maximum absolute atomic E-state index is 5.29. The average Bonchev–Trinajstić information content (AvgIpc) is 2.28. The molecule has 0 N–H and O–H groups in total. The SMILES string of the molecule is C/C=C/c1cc(OC)cc(OC)c1OC. The highest BCUT2D eigenvalue weighted by molar-refractivity contribution is 5.64. The summed E-state index contributed by atoms with van der Waals surface area (Å²) >= 11 is 0. The van der Waals surface area contributed by atoms with Crippen molar-refractivity contribution in [2.45, 2.75) is 6.92 Å². The van der Waals surface area contributed by atoms with Gasteiger partial charge in [0, 0.05) is 11.6 Å². The Balaban J connectivity index is 3.32. The highest BCUT2D eigenvalue weighted by atomic mass is 16.5. The van der Waals surface area contributed by atoms with Gasteiger partial charge in [-0.1, -0.05) is 12.2 Å². The first kappa shape index (κ1) is 11.4. The molecule has 0 heterocycles. The Morgan fingerprint density at radius 3 is 2.20 bits per heavy atom. The lowest BCUT2D eigenvalue weighted by molar-refractivity contribution is 0.348. The van der Waals surface area contributed by atoms with Crippen LogP contribution in [0.2, 0.25) is 0 Å². The summed E-state index contributed by atoms with van der Waals surface area (Å²) in [7, 11) is 4.86. The Morgan fingerprint density at radius 1 is 1.00 bits per heavy atom. The Hall–Kier alpha value is -1.64. The van der Waals surface area contributed by atoms with Crippen molar-refractivity contribution in [3.8, 4) is 17.2 Å². The van der Waals surface area contributed by atoms with Gasteiger partial charge in [0.25, 0.3) is 0 Å². The van der Waals surface area contributed by atoms with E-state index in [9.17, 15) is 0 Å². The lowest BCUT2D eigenvalue weighted by atomic mass is 10.1. The molecule has 1 aromatic carbocycles. The van der Waals surface area contributed by atoms with Gasteiger partial charge in [-0.15, -0.1) is 0 Å². The van der Waals surface area contributed by atoms with E-state index in [4.69, 9.17) is 14.2 Å². The summed E-state index contributed by atoms with van der Waals surface area (Å²) in [6, 6.07) is 3.70. The summed E-state index contributed by atoms with van der Waals surface area (Å²) < 4.78 is 15.7. The normalized spacial score (nSPS) is 10.4. The molecule has 0 atom stereocenters.